The molecule has 5 rings (SSSR count). The first-order valence-corrected chi connectivity index (χ1v) is 17.1. The fraction of sp³-hybridized carbons (Fsp3) is 0.526. The second-order valence-corrected chi connectivity index (χ2v) is 13.0. The quantitative estimate of drug-likeness (QED) is 0.135. The van der Waals surface area contributed by atoms with Crippen molar-refractivity contribution in [1.82, 2.24) is 9.80 Å². The van der Waals surface area contributed by atoms with Crippen molar-refractivity contribution in [2.24, 2.45) is 11.8 Å². The molecule has 0 spiro atoms. The number of Topliss-reactive ketones (excluding diaryl/α,β-unsaturated/α-hetero) is 1. The second kappa shape index (κ2) is 15.6. The van der Waals surface area contributed by atoms with Crippen molar-refractivity contribution in [3.05, 3.63) is 82.9 Å². The number of nitrogens with zero attached hydrogens (tertiary/aromatic N) is 2. The zero-order chi connectivity index (χ0) is 31.8. The molecule has 2 aromatic carbocycles. The third-order valence-electron chi connectivity index (χ3n) is 9.96. The summed E-state index contributed by atoms with van der Waals surface area (Å²) in [5, 5.41) is 10.3. The van der Waals surface area contributed by atoms with Crippen LogP contribution in [-0.2, 0) is 16.0 Å². The summed E-state index contributed by atoms with van der Waals surface area (Å²) < 4.78 is 0. The summed E-state index contributed by atoms with van der Waals surface area (Å²) in [6.45, 7) is 2.87. The lowest BCUT2D eigenvalue weighted by atomic mass is 9.89. The minimum Gasteiger partial charge on any atom is -0.389 e. The van der Waals surface area contributed by atoms with Crippen molar-refractivity contribution >= 4 is 23.5 Å². The maximum Gasteiger partial charge on any atom is 0.261 e. The lowest BCUT2D eigenvalue weighted by Gasteiger charge is -2.39. The van der Waals surface area contributed by atoms with Crippen LogP contribution in [0.1, 0.15) is 122 Å². The van der Waals surface area contributed by atoms with Crippen molar-refractivity contribution in [2.75, 3.05) is 13.1 Å². The van der Waals surface area contributed by atoms with Gasteiger partial charge in [0.2, 0.25) is 5.91 Å². The van der Waals surface area contributed by atoms with E-state index in [4.69, 9.17) is 0 Å². The van der Waals surface area contributed by atoms with Crippen LogP contribution in [0.5, 0.6) is 0 Å². The molecule has 0 bridgehead atoms. The van der Waals surface area contributed by atoms with Gasteiger partial charge in [-0.25, -0.2) is 0 Å². The molecule has 240 valence electrons. The topological polar surface area (TPSA) is 95.0 Å². The Kier molecular flexibility index (Phi) is 11.4. The molecule has 0 radical (unpaired) electrons. The molecule has 45 heavy (non-hydrogen) atoms. The summed E-state index contributed by atoms with van der Waals surface area (Å²) in [6.07, 6.45) is 14.8. The molecule has 2 aliphatic heterocycles. The number of imide groups is 1. The monoisotopic (exact) mass is 612 g/mol. The summed E-state index contributed by atoms with van der Waals surface area (Å²) in [5.74, 6) is 0.0675. The van der Waals surface area contributed by atoms with E-state index in [1.807, 2.05) is 29.2 Å². The molecule has 2 aromatic rings. The third kappa shape index (κ3) is 7.81. The number of fused-ring (bicyclic) bond motifs is 2. The fourth-order valence-corrected chi connectivity index (χ4v) is 7.37. The maximum absolute atomic E-state index is 13.6. The largest absolute Gasteiger partial charge is 0.389 e. The van der Waals surface area contributed by atoms with E-state index in [1.54, 1.807) is 24.3 Å². The Hall–Kier alpha value is -3.58. The maximum atomic E-state index is 13.6. The number of rotatable bonds is 15. The Balaban J connectivity index is 1.11. The van der Waals surface area contributed by atoms with Crippen molar-refractivity contribution < 1.29 is 24.3 Å². The highest BCUT2D eigenvalue weighted by Gasteiger charge is 2.40. The molecule has 3 amide bonds. The minimum absolute atomic E-state index is 0.0436. The van der Waals surface area contributed by atoms with Gasteiger partial charge in [0.1, 0.15) is 5.78 Å². The smallest absolute Gasteiger partial charge is 0.261 e. The van der Waals surface area contributed by atoms with Gasteiger partial charge in [-0.3, -0.25) is 24.1 Å². The number of ketones is 1. The summed E-state index contributed by atoms with van der Waals surface area (Å²) in [4.78, 5) is 55.6. The fourth-order valence-electron chi connectivity index (χ4n) is 7.37. The molecule has 2 heterocycles. The van der Waals surface area contributed by atoms with E-state index >= 15 is 0 Å². The van der Waals surface area contributed by atoms with Gasteiger partial charge in [-0.05, 0) is 61.3 Å². The van der Waals surface area contributed by atoms with Gasteiger partial charge in [0.15, 0.2) is 0 Å². The van der Waals surface area contributed by atoms with Crippen molar-refractivity contribution in [3.63, 3.8) is 0 Å². The predicted octanol–water partition coefficient (Wildman–Crippen LogP) is 6.84. The van der Waals surface area contributed by atoms with E-state index in [2.05, 4.69) is 19.1 Å². The van der Waals surface area contributed by atoms with Crippen LogP contribution >= 0.6 is 0 Å². The van der Waals surface area contributed by atoms with Gasteiger partial charge in [-0.2, -0.15) is 0 Å². The van der Waals surface area contributed by atoms with E-state index in [9.17, 15) is 24.3 Å². The average Bonchev–Trinajstić information content (AvgIpc) is 3.52. The summed E-state index contributed by atoms with van der Waals surface area (Å²) in [5.41, 5.74) is 3.01. The first-order chi connectivity index (χ1) is 21.9. The Morgan fingerprint density at radius 2 is 1.62 bits per heavy atom. The van der Waals surface area contributed by atoms with Crippen LogP contribution in [0.4, 0.5) is 0 Å². The molecular formula is C38H48N2O5. The number of hydrogen-bond donors (Lipinski definition) is 1. The van der Waals surface area contributed by atoms with Crippen molar-refractivity contribution in [1.29, 1.82) is 0 Å². The van der Waals surface area contributed by atoms with Gasteiger partial charge >= 0.3 is 0 Å². The standard InChI is InChI=1S/C38H48N2O5/c1-2-3-6-14-29(41)22-20-28-21-23-35(42)31(28)16-7-4-5-8-19-36(43)39-25-24-27-13-9-10-15-30(27)34(39)26-40-37(44)32-17-11-12-18-33(32)38(40)45/h9-13,15,17-18,20,22,28-29,31,34,41H,2-8,14,16,19,21,23-26H2,1H3/t28-,29-,31+,34?/m0/s1. The first kappa shape index (κ1) is 32.8. The molecule has 3 aliphatic rings. The predicted molar refractivity (Wildman–Crippen MR) is 175 cm³/mol. The summed E-state index contributed by atoms with van der Waals surface area (Å²) >= 11 is 0. The van der Waals surface area contributed by atoms with E-state index in [1.165, 1.54) is 4.90 Å². The number of carbonyl (C=O) groups excluding carboxylic acids is 4. The van der Waals surface area contributed by atoms with Crippen molar-refractivity contribution in [3.8, 4) is 0 Å². The molecule has 7 nitrogen and oxygen atoms in total. The molecule has 4 atom stereocenters. The normalized spacial score (nSPS) is 21.9. The molecule has 1 aliphatic carbocycles. The molecular weight excluding hydrogens is 564 g/mol. The van der Waals surface area contributed by atoms with E-state index in [-0.39, 0.29) is 42.1 Å². The molecule has 7 heteroatoms. The lowest BCUT2D eigenvalue weighted by molar-refractivity contribution is -0.134. The Morgan fingerprint density at radius 1 is 0.911 bits per heavy atom. The van der Waals surface area contributed by atoms with Crippen molar-refractivity contribution in [2.45, 2.75) is 103 Å². The van der Waals surface area contributed by atoms with Crippen LogP contribution in [0.2, 0.25) is 0 Å². The minimum atomic E-state index is -0.425. The lowest BCUT2D eigenvalue weighted by Crippen LogP contribution is -2.46. The highest BCUT2D eigenvalue weighted by molar-refractivity contribution is 6.21. The molecule has 1 saturated carbocycles. The zero-order valence-corrected chi connectivity index (χ0v) is 26.7. The van der Waals surface area contributed by atoms with E-state index < -0.39 is 6.10 Å². The summed E-state index contributed by atoms with van der Waals surface area (Å²) in [7, 11) is 0. The number of hydrogen-bond acceptors (Lipinski definition) is 5. The second-order valence-electron chi connectivity index (χ2n) is 13.0. The highest BCUT2D eigenvalue weighted by Crippen LogP contribution is 2.35. The molecule has 0 saturated heterocycles. The third-order valence-corrected chi connectivity index (χ3v) is 9.96. The number of allylic oxidation sites excluding steroid dienone is 1. The number of aliphatic hydroxyl groups is 1. The number of carbonyl (C=O) groups is 4. The van der Waals surface area contributed by atoms with Crippen LogP contribution in [0.25, 0.3) is 0 Å². The van der Waals surface area contributed by atoms with Gasteiger partial charge in [0.25, 0.3) is 11.8 Å². The number of amides is 3. The van der Waals surface area contributed by atoms with Gasteiger partial charge < -0.3 is 10.0 Å². The highest BCUT2D eigenvalue weighted by atomic mass is 16.3. The van der Waals surface area contributed by atoms with Crippen LogP contribution in [0, 0.1) is 11.8 Å². The van der Waals surface area contributed by atoms with E-state index in [0.717, 1.165) is 81.8 Å². The molecule has 1 unspecified atom stereocenters. The number of benzene rings is 2. The molecule has 0 aromatic heterocycles. The number of unbranched alkanes of at least 4 members (excludes halogenated alkanes) is 5. The van der Waals surface area contributed by atoms with E-state index in [0.29, 0.717) is 36.3 Å². The van der Waals surface area contributed by atoms with Gasteiger partial charge in [0.05, 0.1) is 29.8 Å². The van der Waals surface area contributed by atoms with Gasteiger partial charge in [-0.1, -0.05) is 94.0 Å². The Morgan fingerprint density at radius 3 is 2.38 bits per heavy atom. The van der Waals surface area contributed by atoms with Gasteiger partial charge in [-0.15, -0.1) is 0 Å². The average molecular weight is 613 g/mol. The molecule has 1 N–H and O–H groups in total. The first-order valence-electron chi connectivity index (χ1n) is 17.1. The van der Waals surface area contributed by atoms with Crippen LogP contribution in [0.15, 0.2) is 60.7 Å². The Labute approximate surface area is 267 Å². The van der Waals surface area contributed by atoms with Crippen LogP contribution in [-0.4, -0.2) is 57.6 Å². The zero-order valence-electron chi connectivity index (χ0n) is 26.7. The Bertz CT molecular complexity index is 1370. The summed E-state index contributed by atoms with van der Waals surface area (Å²) in [6, 6.07) is 14.6. The van der Waals surface area contributed by atoms with Crippen LogP contribution in [0.3, 0.4) is 0 Å². The number of aliphatic hydroxyl groups excluding tert-OH is 1. The van der Waals surface area contributed by atoms with Crippen LogP contribution < -0.4 is 0 Å². The van der Waals surface area contributed by atoms with Gasteiger partial charge in [0, 0.05) is 25.3 Å². The SMILES string of the molecule is CCCCC[C@H](O)C=C[C@H]1CCC(=O)[C@@H]1CCCCCCC(=O)N1CCc2ccccc2C1CN1C(=O)c2ccccc2C1=O. The molecule has 1 fully saturated rings.